The van der Waals surface area contributed by atoms with Gasteiger partial charge >= 0.3 is 0 Å². The highest BCUT2D eigenvalue weighted by molar-refractivity contribution is 6.02. The van der Waals surface area contributed by atoms with E-state index >= 15 is 0 Å². The molecule has 2 aromatic heterocycles. The molecule has 0 bridgehead atoms. The summed E-state index contributed by atoms with van der Waals surface area (Å²) in [7, 11) is 0. The molecule has 2 aromatic carbocycles. The number of hydrogen-bond donors (Lipinski definition) is 1. The van der Waals surface area contributed by atoms with Crippen LogP contribution in [0.4, 0.5) is 5.82 Å². The Morgan fingerprint density at radius 1 is 0.741 bits per heavy atom. The topological polar surface area (TPSA) is 67.8 Å². The van der Waals surface area contributed by atoms with Crippen LogP contribution in [0, 0.1) is 0 Å². The van der Waals surface area contributed by atoms with Crippen molar-refractivity contribution in [1.82, 2.24) is 15.0 Å². The fraction of sp³-hybridized carbons (Fsp3) is 0. The summed E-state index contributed by atoms with van der Waals surface area (Å²) in [4.78, 5) is 24.8. The molecule has 2 heterocycles. The first kappa shape index (κ1) is 16.6. The maximum atomic E-state index is 12.4. The van der Waals surface area contributed by atoms with Crippen LogP contribution in [0.15, 0.2) is 91.4 Å². The zero-order chi connectivity index (χ0) is 18.5. The van der Waals surface area contributed by atoms with E-state index in [0.29, 0.717) is 11.5 Å². The van der Waals surface area contributed by atoms with Crippen LogP contribution in [0.2, 0.25) is 0 Å². The number of aromatic nitrogens is 3. The molecule has 0 spiro atoms. The van der Waals surface area contributed by atoms with Crippen molar-refractivity contribution in [3.8, 4) is 22.4 Å². The molecule has 27 heavy (non-hydrogen) atoms. The summed E-state index contributed by atoms with van der Waals surface area (Å²) < 4.78 is 0. The lowest BCUT2D eigenvalue weighted by Gasteiger charge is -2.07. The summed E-state index contributed by atoms with van der Waals surface area (Å²) in [5.41, 5.74) is 4.31. The first-order valence-electron chi connectivity index (χ1n) is 8.50. The van der Waals surface area contributed by atoms with Crippen molar-refractivity contribution < 1.29 is 4.79 Å². The van der Waals surface area contributed by atoms with Crippen LogP contribution >= 0.6 is 0 Å². The molecule has 5 heteroatoms. The number of hydrogen-bond acceptors (Lipinski definition) is 4. The summed E-state index contributed by atoms with van der Waals surface area (Å²) >= 11 is 0. The molecule has 0 saturated heterocycles. The molecule has 0 aliphatic carbocycles. The molecule has 0 fully saturated rings. The molecule has 5 nitrogen and oxygen atoms in total. The molecule has 0 aliphatic rings. The molecule has 130 valence electrons. The maximum absolute atomic E-state index is 12.4. The molecule has 4 rings (SSSR count). The van der Waals surface area contributed by atoms with Gasteiger partial charge < -0.3 is 5.32 Å². The minimum Gasteiger partial charge on any atom is -0.304 e. The summed E-state index contributed by atoms with van der Waals surface area (Å²) in [5, 5.41) is 2.69. The normalized spacial score (nSPS) is 10.4. The number of carbonyl (C=O) groups is 1. The molecule has 0 unspecified atom stereocenters. The van der Waals surface area contributed by atoms with E-state index in [1.165, 1.54) is 12.4 Å². The summed E-state index contributed by atoms with van der Waals surface area (Å²) in [6, 6.07) is 23.7. The summed E-state index contributed by atoms with van der Waals surface area (Å²) in [6.07, 6.45) is 4.56. The molecule has 1 N–H and O–H groups in total. The van der Waals surface area contributed by atoms with Crippen LogP contribution in [0.1, 0.15) is 10.5 Å². The van der Waals surface area contributed by atoms with Gasteiger partial charge in [0.05, 0.1) is 11.9 Å². The highest BCUT2D eigenvalue weighted by Gasteiger charge is 2.10. The monoisotopic (exact) mass is 352 g/mol. The van der Waals surface area contributed by atoms with Gasteiger partial charge in [-0.1, -0.05) is 60.7 Å². The minimum absolute atomic E-state index is 0.321. The first-order chi connectivity index (χ1) is 13.3. The quantitative estimate of drug-likeness (QED) is 0.589. The molecule has 4 aromatic rings. The van der Waals surface area contributed by atoms with Crippen molar-refractivity contribution in [3.05, 3.63) is 97.1 Å². The lowest BCUT2D eigenvalue weighted by Crippen LogP contribution is -2.14. The Morgan fingerprint density at radius 3 is 2.22 bits per heavy atom. The third-order valence-corrected chi connectivity index (χ3v) is 4.07. The number of rotatable bonds is 4. The number of anilines is 1. The standard InChI is InChI=1S/C22H16N4O/c27-22(26-21-15-23-13-14-24-21)20-8-4-7-19(25-20)18-11-9-17(10-12-18)16-5-2-1-3-6-16/h1-15H,(H,24,26,27). The van der Waals surface area contributed by atoms with E-state index in [9.17, 15) is 4.79 Å². The second kappa shape index (κ2) is 7.58. The van der Waals surface area contributed by atoms with Gasteiger partial charge in [0.25, 0.3) is 5.91 Å². The largest absolute Gasteiger partial charge is 0.304 e. The van der Waals surface area contributed by atoms with Crippen LogP contribution in [-0.4, -0.2) is 20.9 Å². The molecule has 0 saturated carbocycles. The lowest BCUT2D eigenvalue weighted by atomic mass is 10.0. The Labute approximate surface area is 156 Å². The Morgan fingerprint density at radius 2 is 1.48 bits per heavy atom. The average Bonchev–Trinajstić information content (AvgIpc) is 2.75. The first-order valence-corrected chi connectivity index (χ1v) is 8.50. The van der Waals surface area contributed by atoms with Gasteiger partial charge in [0.15, 0.2) is 5.82 Å². The lowest BCUT2D eigenvalue weighted by molar-refractivity contribution is 0.102. The van der Waals surface area contributed by atoms with E-state index < -0.39 is 0 Å². The number of benzene rings is 2. The molecular formula is C22H16N4O. The second-order valence-corrected chi connectivity index (χ2v) is 5.90. The van der Waals surface area contributed by atoms with Crippen LogP contribution in [0.25, 0.3) is 22.4 Å². The van der Waals surface area contributed by atoms with Gasteiger partial charge in [-0.25, -0.2) is 9.97 Å². The van der Waals surface area contributed by atoms with Gasteiger partial charge in [-0.3, -0.25) is 9.78 Å². The molecular weight excluding hydrogens is 336 g/mol. The highest BCUT2D eigenvalue weighted by Crippen LogP contribution is 2.24. The average molecular weight is 352 g/mol. The maximum Gasteiger partial charge on any atom is 0.275 e. The highest BCUT2D eigenvalue weighted by atomic mass is 16.1. The van der Waals surface area contributed by atoms with Crippen molar-refractivity contribution in [2.45, 2.75) is 0 Å². The van der Waals surface area contributed by atoms with Gasteiger partial charge in [-0.15, -0.1) is 0 Å². The van der Waals surface area contributed by atoms with Crippen molar-refractivity contribution in [1.29, 1.82) is 0 Å². The predicted molar refractivity (Wildman–Crippen MR) is 105 cm³/mol. The predicted octanol–water partition coefficient (Wildman–Crippen LogP) is 4.46. The van der Waals surface area contributed by atoms with E-state index in [1.807, 2.05) is 42.5 Å². The van der Waals surface area contributed by atoms with Gasteiger partial charge in [0, 0.05) is 18.0 Å². The van der Waals surface area contributed by atoms with Crippen LogP contribution in [0.3, 0.4) is 0 Å². The van der Waals surface area contributed by atoms with E-state index in [4.69, 9.17) is 0 Å². The number of amides is 1. The second-order valence-electron chi connectivity index (χ2n) is 5.90. The number of nitrogens with zero attached hydrogens (tertiary/aromatic N) is 3. The number of pyridine rings is 1. The van der Waals surface area contributed by atoms with Crippen molar-refractivity contribution in [3.63, 3.8) is 0 Å². The zero-order valence-electron chi connectivity index (χ0n) is 14.4. The van der Waals surface area contributed by atoms with Crippen LogP contribution < -0.4 is 5.32 Å². The Balaban J connectivity index is 1.56. The van der Waals surface area contributed by atoms with E-state index in [1.54, 1.807) is 12.3 Å². The SMILES string of the molecule is O=C(Nc1cnccn1)c1cccc(-c2ccc(-c3ccccc3)cc2)n1. The molecule has 1 amide bonds. The third kappa shape index (κ3) is 3.88. The van der Waals surface area contributed by atoms with Gasteiger partial charge in [0.2, 0.25) is 0 Å². The smallest absolute Gasteiger partial charge is 0.275 e. The van der Waals surface area contributed by atoms with Crippen LogP contribution in [0.5, 0.6) is 0 Å². The van der Waals surface area contributed by atoms with Gasteiger partial charge in [0.1, 0.15) is 5.69 Å². The molecule has 0 radical (unpaired) electrons. The Hall–Kier alpha value is -3.86. The minimum atomic E-state index is -0.321. The van der Waals surface area contributed by atoms with Gasteiger partial charge in [-0.05, 0) is 23.3 Å². The zero-order valence-corrected chi connectivity index (χ0v) is 14.4. The van der Waals surface area contributed by atoms with Crippen molar-refractivity contribution in [2.75, 3.05) is 5.32 Å². The van der Waals surface area contributed by atoms with Crippen molar-refractivity contribution in [2.24, 2.45) is 0 Å². The van der Waals surface area contributed by atoms with Crippen molar-refractivity contribution >= 4 is 11.7 Å². The number of nitrogens with one attached hydrogen (secondary N) is 1. The third-order valence-electron chi connectivity index (χ3n) is 4.07. The van der Waals surface area contributed by atoms with E-state index in [-0.39, 0.29) is 5.91 Å². The summed E-state index contributed by atoms with van der Waals surface area (Å²) in [5.74, 6) is 0.0696. The fourth-order valence-corrected chi connectivity index (χ4v) is 2.73. The number of carbonyl (C=O) groups excluding carboxylic acids is 1. The fourth-order valence-electron chi connectivity index (χ4n) is 2.73. The molecule has 0 atom stereocenters. The molecule has 0 aliphatic heterocycles. The van der Waals surface area contributed by atoms with Crippen LogP contribution in [-0.2, 0) is 0 Å². The Kier molecular flexibility index (Phi) is 4.66. The summed E-state index contributed by atoms with van der Waals surface area (Å²) in [6.45, 7) is 0. The van der Waals surface area contributed by atoms with Gasteiger partial charge in [-0.2, -0.15) is 0 Å². The van der Waals surface area contributed by atoms with E-state index in [2.05, 4.69) is 44.5 Å². The Bertz CT molecular complexity index is 1050. The van der Waals surface area contributed by atoms with E-state index in [0.717, 1.165) is 22.4 Å².